The van der Waals surface area contributed by atoms with Crippen LogP contribution in [-0.2, 0) is 14.3 Å². The van der Waals surface area contributed by atoms with Crippen molar-refractivity contribution in [3.05, 3.63) is 29.8 Å². The normalized spacial score (nSPS) is 27.0. The smallest absolute Gasteiger partial charge is 0.232 e. The number of carbonyl (C=O) groups excluding carboxylic acids is 2. The first-order chi connectivity index (χ1) is 12.2. The van der Waals surface area contributed by atoms with E-state index in [0.29, 0.717) is 18.9 Å². The molecule has 2 fully saturated rings. The van der Waals surface area contributed by atoms with Gasteiger partial charge in [0.2, 0.25) is 11.8 Å². The van der Waals surface area contributed by atoms with E-state index in [1.54, 1.807) is 0 Å². The van der Waals surface area contributed by atoms with Gasteiger partial charge >= 0.3 is 0 Å². The van der Waals surface area contributed by atoms with Gasteiger partial charge in [-0.3, -0.25) is 9.59 Å². The summed E-state index contributed by atoms with van der Waals surface area (Å²) in [5.41, 5.74) is 2.06. The van der Waals surface area contributed by atoms with E-state index in [-0.39, 0.29) is 23.8 Å². The van der Waals surface area contributed by atoms with E-state index in [1.807, 2.05) is 29.2 Å². The fourth-order valence-electron chi connectivity index (χ4n) is 4.27. The van der Waals surface area contributed by atoms with E-state index >= 15 is 0 Å². The van der Waals surface area contributed by atoms with E-state index in [2.05, 4.69) is 10.6 Å². The van der Waals surface area contributed by atoms with E-state index < -0.39 is 0 Å². The number of piperidine rings is 1. The van der Waals surface area contributed by atoms with Gasteiger partial charge in [0.15, 0.2) is 0 Å². The van der Waals surface area contributed by atoms with Crippen LogP contribution in [0.5, 0.6) is 0 Å². The Bertz CT molecular complexity index is 649. The lowest BCUT2D eigenvalue weighted by Crippen LogP contribution is -2.47. The second kappa shape index (κ2) is 7.14. The van der Waals surface area contributed by atoms with E-state index in [9.17, 15) is 9.59 Å². The fourth-order valence-corrected chi connectivity index (χ4v) is 4.27. The molecule has 134 valence electrons. The Balaban J connectivity index is 1.34. The number of fused-ring (bicyclic) bond motifs is 1. The predicted molar refractivity (Wildman–Crippen MR) is 94.3 cm³/mol. The summed E-state index contributed by atoms with van der Waals surface area (Å²) in [7, 11) is 0. The number of hydrogen-bond acceptors (Lipinski definition) is 4. The molecule has 0 spiro atoms. The van der Waals surface area contributed by atoms with Crippen LogP contribution in [0, 0.1) is 5.92 Å². The topological polar surface area (TPSA) is 70.7 Å². The molecule has 2 unspecified atom stereocenters. The van der Waals surface area contributed by atoms with Crippen molar-refractivity contribution >= 4 is 17.5 Å². The number of carbonyl (C=O) groups is 2. The van der Waals surface area contributed by atoms with Crippen molar-refractivity contribution in [3.63, 3.8) is 0 Å². The number of nitrogens with one attached hydrogen (secondary N) is 2. The maximum Gasteiger partial charge on any atom is 0.232 e. The average Bonchev–Trinajstić information content (AvgIpc) is 2.98. The van der Waals surface area contributed by atoms with Crippen molar-refractivity contribution in [1.29, 1.82) is 0 Å². The summed E-state index contributed by atoms with van der Waals surface area (Å²) in [6.45, 7) is 3.63. The number of ether oxygens (including phenoxy) is 1. The molecule has 4 rings (SSSR count). The first-order valence-corrected chi connectivity index (χ1v) is 9.21. The maximum atomic E-state index is 12.5. The maximum absolute atomic E-state index is 12.5. The zero-order valence-electron chi connectivity index (χ0n) is 14.4. The third-order valence-electron chi connectivity index (χ3n) is 5.62. The highest BCUT2D eigenvalue weighted by atomic mass is 16.5. The van der Waals surface area contributed by atoms with Gasteiger partial charge in [-0.25, -0.2) is 0 Å². The molecule has 1 aromatic carbocycles. The molecule has 2 atom stereocenters. The van der Waals surface area contributed by atoms with E-state index in [1.165, 1.54) is 0 Å². The number of morpholine rings is 1. The van der Waals surface area contributed by atoms with Crippen LogP contribution in [-0.4, -0.2) is 55.6 Å². The van der Waals surface area contributed by atoms with Crippen molar-refractivity contribution < 1.29 is 14.3 Å². The molecule has 0 bridgehead atoms. The number of nitrogens with zero attached hydrogens (tertiary/aromatic N) is 1. The molecule has 0 saturated carbocycles. The molecule has 1 aromatic rings. The van der Waals surface area contributed by atoms with Crippen molar-refractivity contribution in [1.82, 2.24) is 10.2 Å². The van der Waals surface area contributed by atoms with Gasteiger partial charge in [-0.1, -0.05) is 18.2 Å². The molecule has 3 heterocycles. The minimum absolute atomic E-state index is 0.0677. The zero-order chi connectivity index (χ0) is 17.2. The quantitative estimate of drug-likeness (QED) is 0.869. The monoisotopic (exact) mass is 343 g/mol. The summed E-state index contributed by atoms with van der Waals surface area (Å²) >= 11 is 0. The lowest BCUT2D eigenvalue weighted by Gasteiger charge is -2.35. The second-order valence-corrected chi connectivity index (χ2v) is 7.20. The number of para-hydroxylation sites is 1. The molecular weight excluding hydrogens is 318 g/mol. The summed E-state index contributed by atoms with van der Waals surface area (Å²) in [4.78, 5) is 26.9. The van der Waals surface area contributed by atoms with Gasteiger partial charge < -0.3 is 20.3 Å². The number of benzene rings is 1. The first kappa shape index (κ1) is 16.5. The highest BCUT2D eigenvalue weighted by Gasteiger charge is 2.38. The van der Waals surface area contributed by atoms with Gasteiger partial charge in [-0.15, -0.1) is 0 Å². The third-order valence-corrected chi connectivity index (χ3v) is 5.62. The third kappa shape index (κ3) is 3.41. The molecule has 6 heteroatoms. The average molecular weight is 343 g/mol. The van der Waals surface area contributed by atoms with Gasteiger partial charge in [-0.2, -0.15) is 0 Å². The van der Waals surface area contributed by atoms with Crippen molar-refractivity contribution in [3.8, 4) is 0 Å². The number of hydrogen-bond donors (Lipinski definition) is 2. The Morgan fingerprint density at radius 3 is 2.80 bits per heavy atom. The highest BCUT2D eigenvalue weighted by Crippen LogP contribution is 2.41. The molecule has 0 radical (unpaired) electrons. The van der Waals surface area contributed by atoms with Gasteiger partial charge in [-0.05, 0) is 30.4 Å². The molecular formula is C19H25N3O3. The molecule has 3 aliphatic heterocycles. The molecule has 3 aliphatic rings. The van der Waals surface area contributed by atoms with E-state index in [0.717, 1.165) is 50.3 Å². The minimum Gasteiger partial charge on any atom is -0.378 e. The summed E-state index contributed by atoms with van der Waals surface area (Å²) in [5.74, 6) is 0.540. The summed E-state index contributed by atoms with van der Waals surface area (Å²) in [5, 5.41) is 6.33. The summed E-state index contributed by atoms with van der Waals surface area (Å²) in [6.07, 6.45) is 2.26. The summed E-state index contributed by atoms with van der Waals surface area (Å²) in [6, 6.07) is 8.08. The Kier molecular flexibility index (Phi) is 4.72. The molecule has 6 nitrogen and oxygen atoms in total. The molecule has 25 heavy (non-hydrogen) atoms. The van der Waals surface area contributed by atoms with Crippen molar-refractivity contribution in [2.75, 3.05) is 38.2 Å². The lowest BCUT2D eigenvalue weighted by molar-refractivity contribution is -0.134. The molecule has 2 N–H and O–H groups in total. The standard InChI is InChI=1S/C19H25N3O3/c23-17(11-14-12-25-10-7-20-14)22-8-5-13(6-9-22)18-15-3-1-2-4-16(15)21-19(18)24/h1-4,13-14,18,20H,5-12H2,(H,21,24). The number of rotatable bonds is 3. The lowest BCUT2D eigenvalue weighted by atomic mass is 9.80. The first-order valence-electron chi connectivity index (χ1n) is 9.21. The van der Waals surface area contributed by atoms with Crippen LogP contribution < -0.4 is 10.6 Å². The number of amides is 2. The molecule has 2 saturated heterocycles. The van der Waals surface area contributed by atoms with Gasteiger partial charge in [0.25, 0.3) is 0 Å². The van der Waals surface area contributed by atoms with Crippen LogP contribution in [0.2, 0.25) is 0 Å². The SMILES string of the molecule is O=C1Nc2ccccc2C1C1CCN(C(=O)CC2COCCN2)CC1. The Hall–Kier alpha value is -1.92. The van der Waals surface area contributed by atoms with Crippen LogP contribution in [0.15, 0.2) is 24.3 Å². The van der Waals surface area contributed by atoms with Crippen LogP contribution in [0.4, 0.5) is 5.69 Å². The number of anilines is 1. The molecule has 2 amide bonds. The van der Waals surface area contributed by atoms with E-state index in [4.69, 9.17) is 4.74 Å². The Labute approximate surface area is 147 Å². The van der Waals surface area contributed by atoms with Crippen molar-refractivity contribution in [2.45, 2.75) is 31.2 Å². The predicted octanol–water partition coefficient (Wildman–Crippen LogP) is 1.34. The molecule has 0 aromatic heterocycles. The van der Waals surface area contributed by atoms with Crippen LogP contribution in [0.1, 0.15) is 30.7 Å². The second-order valence-electron chi connectivity index (χ2n) is 7.20. The van der Waals surface area contributed by atoms with Gasteiger partial charge in [0, 0.05) is 37.8 Å². The summed E-state index contributed by atoms with van der Waals surface area (Å²) < 4.78 is 5.42. The zero-order valence-corrected chi connectivity index (χ0v) is 14.4. The molecule has 0 aliphatic carbocycles. The number of likely N-dealkylation sites (tertiary alicyclic amines) is 1. The fraction of sp³-hybridized carbons (Fsp3) is 0.579. The van der Waals surface area contributed by atoms with Crippen LogP contribution in [0.25, 0.3) is 0 Å². The highest BCUT2D eigenvalue weighted by molar-refractivity contribution is 6.03. The van der Waals surface area contributed by atoms with Gasteiger partial charge in [0.05, 0.1) is 19.1 Å². The van der Waals surface area contributed by atoms with Gasteiger partial charge in [0.1, 0.15) is 0 Å². The Morgan fingerprint density at radius 1 is 1.24 bits per heavy atom. The van der Waals surface area contributed by atoms with Crippen LogP contribution in [0.3, 0.4) is 0 Å². The largest absolute Gasteiger partial charge is 0.378 e. The van der Waals surface area contributed by atoms with Crippen molar-refractivity contribution in [2.24, 2.45) is 5.92 Å². The minimum atomic E-state index is -0.0677. The Morgan fingerprint density at radius 2 is 2.04 bits per heavy atom. The van der Waals surface area contributed by atoms with Crippen LogP contribution >= 0.6 is 0 Å².